The van der Waals surface area contributed by atoms with Crippen LogP contribution in [0.25, 0.3) is 0 Å². The number of anilines is 6. The van der Waals surface area contributed by atoms with Crippen molar-refractivity contribution in [3.05, 3.63) is 47.5 Å². The summed E-state index contributed by atoms with van der Waals surface area (Å²) >= 11 is 6.26. The molecule has 0 saturated carbocycles. The fourth-order valence-corrected chi connectivity index (χ4v) is 4.79. The van der Waals surface area contributed by atoms with Crippen LogP contribution in [0, 0.1) is 5.82 Å². The number of nitrogens with one attached hydrogen (secondary N) is 3. The first kappa shape index (κ1) is 31.6. The molecule has 43 heavy (non-hydrogen) atoms. The minimum atomic E-state index is -0.850. The Morgan fingerprint density at radius 3 is 2.37 bits per heavy atom. The zero-order valence-electron chi connectivity index (χ0n) is 24.8. The Kier molecular flexibility index (Phi) is 10.4. The molecule has 1 aliphatic heterocycles. The number of hydrogen-bond donors (Lipinski definition) is 3. The largest absolute Gasteiger partial charge is 0.495 e. The van der Waals surface area contributed by atoms with Gasteiger partial charge in [0.1, 0.15) is 34.4 Å². The van der Waals surface area contributed by atoms with E-state index in [2.05, 4.69) is 42.6 Å². The number of carbonyl (C=O) groups excluding carboxylic acids is 2. The third kappa shape index (κ3) is 7.35. The van der Waals surface area contributed by atoms with E-state index in [1.54, 1.807) is 13.0 Å². The Bertz CT molecular complexity index is 1440. The first-order valence-corrected chi connectivity index (χ1v) is 14.2. The number of amides is 3. The molecule has 2 aromatic carbocycles. The van der Waals surface area contributed by atoms with E-state index < -0.39 is 11.8 Å². The smallest absolute Gasteiger partial charge is 0.327 e. The van der Waals surface area contributed by atoms with Crippen LogP contribution in [-0.4, -0.2) is 80.8 Å². The summed E-state index contributed by atoms with van der Waals surface area (Å²) in [6, 6.07) is 7.94. The molecule has 0 aliphatic carbocycles. The Hall–Kier alpha value is -4.36. The molecule has 3 aromatic rings. The van der Waals surface area contributed by atoms with Crippen LogP contribution in [-0.2, 0) is 4.79 Å². The predicted octanol–water partition coefficient (Wildman–Crippen LogP) is 5.19. The maximum atomic E-state index is 14.9. The molecule has 12 nitrogen and oxygen atoms in total. The van der Waals surface area contributed by atoms with E-state index in [1.165, 1.54) is 38.6 Å². The number of ether oxygens (including phenoxy) is 2. The quantitative estimate of drug-likeness (QED) is 0.283. The van der Waals surface area contributed by atoms with E-state index in [-0.39, 0.29) is 33.9 Å². The highest BCUT2D eigenvalue weighted by atomic mass is 35.5. The number of urea groups is 1. The third-order valence-electron chi connectivity index (χ3n) is 7.15. The lowest BCUT2D eigenvalue weighted by Crippen LogP contribution is -2.46. The number of aromatic nitrogens is 2. The zero-order valence-corrected chi connectivity index (χ0v) is 25.6. The van der Waals surface area contributed by atoms with E-state index >= 15 is 0 Å². The summed E-state index contributed by atoms with van der Waals surface area (Å²) in [6.07, 6.45) is 1.61. The van der Waals surface area contributed by atoms with Crippen LogP contribution in [0.1, 0.15) is 20.3 Å². The van der Waals surface area contributed by atoms with Gasteiger partial charge in [0.25, 0.3) is 0 Å². The Labute approximate surface area is 255 Å². The highest BCUT2D eigenvalue weighted by Crippen LogP contribution is 2.40. The van der Waals surface area contributed by atoms with Gasteiger partial charge in [-0.05, 0) is 24.7 Å². The maximum Gasteiger partial charge on any atom is 0.327 e. The van der Waals surface area contributed by atoms with Crippen molar-refractivity contribution < 1.29 is 23.5 Å². The molecule has 0 radical (unpaired) electrons. The lowest BCUT2D eigenvalue weighted by molar-refractivity contribution is -0.115. The van der Waals surface area contributed by atoms with Gasteiger partial charge < -0.3 is 35.2 Å². The number of halogens is 2. The fourth-order valence-electron chi connectivity index (χ4n) is 4.53. The molecule has 0 unspecified atom stereocenters. The molecule has 1 saturated heterocycles. The van der Waals surface area contributed by atoms with Crippen molar-refractivity contribution in [1.29, 1.82) is 0 Å². The molecule has 2 heterocycles. The topological polar surface area (TPSA) is 124 Å². The average Bonchev–Trinajstić information content (AvgIpc) is 3.03. The summed E-state index contributed by atoms with van der Waals surface area (Å²) in [6.45, 7) is 8.70. The molecule has 14 heteroatoms. The Morgan fingerprint density at radius 1 is 1.00 bits per heavy atom. The van der Waals surface area contributed by atoms with Gasteiger partial charge in [-0.3, -0.25) is 9.69 Å². The van der Waals surface area contributed by atoms with Gasteiger partial charge in [0.15, 0.2) is 11.6 Å². The third-order valence-corrected chi connectivity index (χ3v) is 7.53. The van der Waals surface area contributed by atoms with Gasteiger partial charge in [-0.25, -0.2) is 19.2 Å². The van der Waals surface area contributed by atoms with E-state index in [9.17, 15) is 14.0 Å². The molecular weight excluding hydrogens is 579 g/mol. The summed E-state index contributed by atoms with van der Waals surface area (Å²) in [5.74, 6) is -0.410. The molecule has 3 N–H and O–H groups in total. The number of methoxy groups -OCH3 is 2. The number of benzene rings is 2. The van der Waals surface area contributed by atoms with Crippen LogP contribution < -0.4 is 35.2 Å². The fraction of sp³-hybridized carbons (Fsp3) is 0.379. The molecule has 230 valence electrons. The summed E-state index contributed by atoms with van der Waals surface area (Å²) in [5, 5.41) is 8.52. The van der Waals surface area contributed by atoms with Crippen molar-refractivity contribution in [2.24, 2.45) is 0 Å². The SMILES string of the molecule is CCC(=O)Nc1cc(N2CCN(CC)CC2)ccc1Nc1cc(N(C)C(=O)Nc2c(F)c(OC)cc(OC)c2Cl)ncn1. The molecule has 1 aliphatic rings. The zero-order chi connectivity index (χ0) is 31.1. The molecular formula is C29H36ClFN8O4. The van der Waals surface area contributed by atoms with E-state index in [0.29, 0.717) is 23.6 Å². The molecule has 4 rings (SSSR count). The van der Waals surface area contributed by atoms with Gasteiger partial charge >= 0.3 is 6.03 Å². The van der Waals surface area contributed by atoms with E-state index in [1.807, 2.05) is 18.2 Å². The lowest BCUT2D eigenvalue weighted by atomic mass is 10.2. The molecule has 0 spiro atoms. The van der Waals surface area contributed by atoms with Crippen LogP contribution in [0.2, 0.25) is 5.02 Å². The maximum absolute atomic E-state index is 14.9. The van der Waals surface area contributed by atoms with Crippen molar-refractivity contribution in [3.63, 3.8) is 0 Å². The van der Waals surface area contributed by atoms with E-state index in [4.69, 9.17) is 21.1 Å². The van der Waals surface area contributed by atoms with Crippen molar-refractivity contribution >= 4 is 57.9 Å². The number of piperazine rings is 1. The molecule has 0 atom stereocenters. The van der Waals surface area contributed by atoms with Crippen LogP contribution in [0.15, 0.2) is 36.7 Å². The highest BCUT2D eigenvalue weighted by molar-refractivity contribution is 6.35. The lowest BCUT2D eigenvalue weighted by Gasteiger charge is -2.35. The van der Waals surface area contributed by atoms with Gasteiger partial charge in [-0.15, -0.1) is 0 Å². The van der Waals surface area contributed by atoms with E-state index in [0.717, 1.165) is 38.4 Å². The standard InChI is InChI=1S/C29H36ClFN8O4/c1-6-25(40)35-20-14-18(39-12-10-38(7-2)11-13-39)8-9-19(20)34-23-16-24(33-17-32-23)37(3)29(41)36-28-26(30)21(42-4)15-22(43-5)27(28)31/h8-9,14-17H,6-7,10-13H2,1-5H3,(H,35,40)(H,36,41)(H,32,33,34). The van der Waals surface area contributed by atoms with Crippen LogP contribution in [0.5, 0.6) is 11.5 Å². The average molecular weight is 615 g/mol. The van der Waals surface area contributed by atoms with Crippen molar-refractivity contribution in [3.8, 4) is 11.5 Å². The minimum Gasteiger partial charge on any atom is -0.495 e. The predicted molar refractivity (Wildman–Crippen MR) is 167 cm³/mol. The van der Waals surface area contributed by atoms with Crippen molar-refractivity contribution in [1.82, 2.24) is 14.9 Å². The van der Waals surface area contributed by atoms with Gasteiger partial charge in [0.05, 0.1) is 25.6 Å². The van der Waals surface area contributed by atoms with Crippen LogP contribution >= 0.6 is 11.6 Å². The summed E-state index contributed by atoms with van der Waals surface area (Å²) in [4.78, 5) is 39.8. The Balaban J connectivity index is 1.55. The van der Waals surface area contributed by atoms with Crippen molar-refractivity contribution in [2.45, 2.75) is 20.3 Å². The molecule has 1 fully saturated rings. The van der Waals surface area contributed by atoms with Crippen molar-refractivity contribution in [2.75, 3.05) is 79.7 Å². The van der Waals surface area contributed by atoms with Crippen LogP contribution in [0.4, 0.5) is 43.6 Å². The highest BCUT2D eigenvalue weighted by Gasteiger charge is 2.23. The molecule has 3 amide bonds. The number of rotatable bonds is 10. The summed E-state index contributed by atoms with van der Waals surface area (Å²) in [5.41, 5.74) is 1.93. The monoisotopic (exact) mass is 614 g/mol. The van der Waals surface area contributed by atoms with Gasteiger partial charge in [-0.2, -0.15) is 0 Å². The van der Waals surface area contributed by atoms with Gasteiger partial charge in [0.2, 0.25) is 5.91 Å². The number of carbonyl (C=O) groups is 2. The van der Waals surface area contributed by atoms with Gasteiger partial charge in [0, 0.05) is 57.5 Å². The molecule has 1 aromatic heterocycles. The first-order chi connectivity index (χ1) is 20.7. The summed E-state index contributed by atoms with van der Waals surface area (Å²) in [7, 11) is 4.12. The number of hydrogen-bond acceptors (Lipinski definition) is 9. The number of likely N-dealkylation sites (N-methyl/N-ethyl adjacent to an activating group) is 1. The number of nitrogens with zero attached hydrogens (tertiary/aromatic N) is 5. The molecule has 0 bridgehead atoms. The second kappa shape index (κ2) is 14.2. The second-order valence-electron chi connectivity index (χ2n) is 9.71. The summed E-state index contributed by atoms with van der Waals surface area (Å²) < 4.78 is 25.2. The first-order valence-electron chi connectivity index (χ1n) is 13.8. The Morgan fingerprint density at radius 2 is 1.72 bits per heavy atom. The van der Waals surface area contributed by atoms with Crippen LogP contribution in [0.3, 0.4) is 0 Å². The minimum absolute atomic E-state index is 0.120. The normalized spacial score (nSPS) is 13.3. The second-order valence-corrected chi connectivity index (χ2v) is 10.1. The van der Waals surface area contributed by atoms with Gasteiger partial charge in [-0.1, -0.05) is 25.4 Å².